The lowest BCUT2D eigenvalue weighted by molar-refractivity contribution is -0.445. The number of nitro groups is 1. The average molecular weight is 476 g/mol. The van der Waals surface area contributed by atoms with Crippen LogP contribution in [0.1, 0.15) is 79.7 Å². The van der Waals surface area contributed by atoms with E-state index in [4.69, 9.17) is 15.3 Å². The smallest absolute Gasteiger partial charge is 0.194 e. The molecule has 1 aromatic carbocycles. The Morgan fingerprint density at radius 1 is 1.18 bits per heavy atom. The molecule has 0 amide bonds. The van der Waals surface area contributed by atoms with E-state index in [1.807, 2.05) is 39.0 Å². The highest BCUT2D eigenvalue weighted by Gasteiger charge is 2.11. The largest absolute Gasteiger partial charge is 0.314 e. The number of hydrogen-bond donors (Lipinski definition) is 1. The SMILES string of the molecule is C=C(C)[C@H]1CC=C(C)CC1.C=C(C)c1ccccc1.CCN(O)CC.C[N+](=O)[O-].[CH2]CC(C)C. The third kappa shape index (κ3) is 27.8. The van der Waals surface area contributed by atoms with Gasteiger partial charge in [0.15, 0.2) is 7.05 Å². The molecule has 34 heavy (non-hydrogen) atoms. The first kappa shape index (κ1) is 36.3. The van der Waals surface area contributed by atoms with Crippen LogP contribution in [0.5, 0.6) is 0 Å². The zero-order chi connectivity index (χ0) is 27.1. The summed E-state index contributed by atoms with van der Waals surface area (Å²) in [6, 6.07) is 10.2. The molecule has 0 heterocycles. The molecule has 1 atom stereocenters. The molecule has 0 aliphatic heterocycles. The Labute approximate surface area is 210 Å². The van der Waals surface area contributed by atoms with Crippen LogP contribution in [0, 0.1) is 28.9 Å². The summed E-state index contributed by atoms with van der Waals surface area (Å²) in [7, 11) is 0.889. The zero-order valence-electron chi connectivity index (χ0n) is 23.1. The van der Waals surface area contributed by atoms with E-state index in [9.17, 15) is 0 Å². The zero-order valence-corrected chi connectivity index (χ0v) is 23.1. The van der Waals surface area contributed by atoms with E-state index < -0.39 is 4.92 Å². The molecule has 1 radical (unpaired) electrons. The van der Waals surface area contributed by atoms with Crippen LogP contribution in [0.25, 0.3) is 5.57 Å². The van der Waals surface area contributed by atoms with Gasteiger partial charge in [0.2, 0.25) is 0 Å². The van der Waals surface area contributed by atoms with Crippen LogP contribution in [-0.4, -0.2) is 35.3 Å². The molecule has 195 valence electrons. The molecule has 5 nitrogen and oxygen atoms in total. The van der Waals surface area contributed by atoms with Crippen LogP contribution in [0.2, 0.25) is 0 Å². The Morgan fingerprint density at radius 2 is 1.62 bits per heavy atom. The molecule has 0 fully saturated rings. The van der Waals surface area contributed by atoms with Crippen LogP contribution < -0.4 is 0 Å². The summed E-state index contributed by atoms with van der Waals surface area (Å²) in [5, 5.41) is 18.6. The molecule has 1 aromatic rings. The lowest BCUT2D eigenvalue weighted by Gasteiger charge is -2.19. The molecular formula is C29H51N2O3. The number of rotatable bonds is 5. The van der Waals surface area contributed by atoms with Crippen LogP contribution >= 0.6 is 0 Å². The Bertz CT molecular complexity index is 674. The highest BCUT2D eigenvalue weighted by Crippen LogP contribution is 2.27. The molecule has 1 aliphatic carbocycles. The fourth-order valence-corrected chi connectivity index (χ4v) is 2.36. The van der Waals surface area contributed by atoms with Gasteiger partial charge in [-0.25, -0.2) is 0 Å². The summed E-state index contributed by atoms with van der Waals surface area (Å²) in [6.45, 7) is 27.4. The first-order valence-corrected chi connectivity index (χ1v) is 12.1. The van der Waals surface area contributed by atoms with E-state index in [0.717, 1.165) is 44.0 Å². The molecule has 0 unspecified atom stereocenters. The highest BCUT2D eigenvalue weighted by molar-refractivity contribution is 5.60. The maximum Gasteiger partial charge on any atom is 0.194 e. The van der Waals surface area contributed by atoms with Crippen molar-refractivity contribution in [2.75, 3.05) is 20.1 Å². The molecule has 2 rings (SSSR count). The van der Waals surface area contributed by atoms with Gasteiger partial charge in [-0.05, 0) is 57.4 Å². The first-order chi connectivity index (χ1) is 15.8. The third-order valence-electron chi connectivity index (χ3n) is 4.91. The van der Waals surface area contributed by atoms with Crippen molar-refractivity contribution in [2.45, 2.75) is 74.1 Å². The predicted octanol–water partition coefficient (Wildman–Crippen LogP) is 8.51. The van der Waals surface area contributed by atoms with Crippen molar-refractivity contribution in [1.29, 1.82) is 0 Å². The van der Waals surface area contributed by atoms with Crippen molar-refractivity contribution in [1.82, 2.24) is 5.06 Å². The van der Waals surface area contributed by atoms with E-state index >= 15 is 0 Å². The molecule has 0 saturated carbocycles. The van der Waals surface area contributed by atoms with Gasteiger partial charge in [0.1, 0.15) is 0 Å². The molecular weight excluding hydrogens is 424 g/mol. The Hall–Kier alpha value is -2.24. The fraction of sp³-hybridized carbons (Fsp3) is 0.552. The number of benzene rings is 1. The second-order valence-corrected chi connectivity index (χ2v) is 8.78. The number of hydroxylamine groups is 2. The summed E-state index contributed by atoms with van der Waals surface area (Å²) in [5.74, 6) is 1.54. The molecule has 1 aliphatic rings. The van der Waals surface area contributed by atoms with Gasteiger partial charge in [0, 0.05) is 18.0 Å². The third-order valence-corrected chi connectivity index (χ3v) is 4.91. The van der Waals surface area contributed by atoms with Crippen molar-refractivity contribution < 1.29 is 10.1 Å². The topological polar surface area (TPSA) is 66.6 Å². The summed E-state index contributed by atoms with van der Waals surface area (Å²) >= 11 is 0. The molecule has 5 heteroatoms. The normalized spacial score (nSPS) is 13.9. The lowest BCUT2D eigenvalue weighted by atomic mass is 9.86. The van der Waals surface area contributed by atoms with E-state index in [0.29, 0.717) is 0 Å². The van der Waals surface area contributed by atoms with Crippen molar-refractivity contribution in [3.05, 3.63) is 83.3 Å². The molecule has 0 spiro atoms. The molecule has 0 saturated heterocycles. The Balaban J connectivity index is -0.000000370. The van der Waals surface area contributed by atoms with Crippen LogP contribution in [-0.2, 0) is 0 Å². The van der Waals surface area contributed by atoms with Crippen molar-refractivity contribution >= 4 is 5.57 Å². The van der Waals surface area contributed by atoms with E-state index in [-0.39, 0.29) is 0 Å². The monoisotopic (exact) mass is 475 g/mol. The summed E-state index contributed by atoms with van der Waals surface area (Å²) in [6.07, 6.45) is 7.22. The van der Waals surface area contributed by atoms with Crippen LogP contribution in [0.4, 0.5) is 0 Å². The number of allylic oxidation sites excluding steroid dienone is 4. The minimum atomic E-state index is -0.500. The van der Waals surface area contributed by atoms with E-state index in [1.54, 1.807) is 5.57 Å². The van der Waals surface area contributed by atoms with Gasteiger partial charge in [-0.2, -0.15) is 5.06 Å². The minimum Gasteiger partial charge on any atom is -0.314 e. The highest BCUT2D eigenvalue weighted by atomic mass is 16.6. The summed E-state index contributed by atoms with van der Waals surface area (Å²) in [5.41, 5.74) is 5.24. The summed E-state index contributed by atoms with van der Waals surface area (Å²) < 4.78 is 0. The van der Waals surface area contributed by atoms with Crippen molar-refractivity contribution in [3.8, 4) is 0 Å². The maximum atomic E-state index is 8.81. The molecule has 0 bridgehead atoms. The standard InChI is InChI=1S/C10H16.C9H10.C5H11.C4H11NO.CH3NO2/c1-8(2)10-6-4-9(3)5-7-10;1-8(2)9-6-4-3-5-7-9;1-4-5(2)3;1-3-5(6)4-2;1-2(3)4/h4,10H,1,5-7H2,2-3H3;3-7H,1H2,2H3;5H,1,4H2,2-3H3;6H,3-4H2,1-2H3;1H3/t10-;;;;/m0..../s1. The second-order valence-electron chi connectivity index (χ2n) is 8.78. The van der Waals surface area contributed by atoms with Gasteiger partial charge in [-0.1, -0.05) is 107 Å². The molecule has 0 aromatic heterocycles. The van der Waals surface area contributed by atoms with E-state index in [1.165, 1.54) is 35.5 Å². The lowest BCUT2D eigenvalue weighted by Crippen LogP contribution is -2.16. The van der Waals surface area contributed by atoms with Gasteiger partial charge in [-0.3, -0.25) is 10.1 Å². The van der Waals surface area contributed by atoms with Crippen molar-refractivity contribution in [3.63, 3.8) is 0 Å². The van der Waals surface area contributed by atoms with Crippen molar-refractivity contribution in [2.24, 2.45) is 11.8 Å². The van der Waals surface area contributed by atoms with Crippen LogP contribution in [0.3, 0.4) is 0 Å². The van der Waals surface area contributed by atoms with Crippen LogP contribution in [0.15, 0.2) is 60.7 Å². The quantitative estimate of drug-likeness (QED) is 0.263. The van der Waals surface area contributed by atoms with Gasteiger partial charge in [-0.15, -0.1) is 0 Å². The molecule has 1 N–H and O–H groups in total. The van der Waals surface area contributed by atoms with Gasteiger partial charge >= 0.3 is 0 Å². The first-order valence-electron chi connectivity index (χ1n) is 12.1. The summed E-state index contributed by atoms with van der Waals surface area (Å²) in [4.78, 5) is 8.31. The maximum absolute atomic E-state index is 8.81. The Kier molecular flexibility index (Phi) is 25.5. The second kappa shape index (κ2) is 23.9. The average Bonchev–Trinajstić information content (AvgIpc) is 2.80. The number of nitrogens with zero attached hydrogens (tertiary/aromatic N) is 2. The van der Waals surface area contributed by atoms with E-state index in [2.05, 4.69) is 66.0 Å². The number of hydrogen-bond acceptors (Lipinski definition) is 4. The van der Waals surface area contributed by atoms with Gasteiger partial charge < -0.3 is 5.21 Å². The van der Waals surface area contributed by atoms with Gasteiger partial charge in [0.25, 0.3) is 0 Å². The van der Waals surface area contributed by atoms with Gasteiger partial charge in [0.05, 0.1) is 0 Å². The minimum absolute atomic E-state index is 0.500. The predicted molar refractivity (Wildman–Crippen MR) is 149 cm³/mol. The fourth-order valence-electron chi connectivity index (χ4n) is 2.36. The Morgan fingerprint density at radius 3 is 1.82 bits per heavy atom.